The highest BCUT2D eigenvalue weighted by Gasteiger charge is 2.21. The van der Waals surface area contributed by atoms with E-state index in [-0.39, 0.29) is 17.7 Å². The van der Waals surface area contributed by atoms with E-state index in [0.717, 1.165) is 37.2 Å². The molecule has 5 nitrogen and oxygen atoms in total. The highest BCUT2D eigenvalue weighted by molar-refractivity contribution is 5.73. The maximum absolute atomic E-state index is 11.2. The Kier molecular flexibility index (Phi) is 5.66. The number of hydrogen-bond acceptors (Lipinski definition) is 4. The fraction of sp³-hybridized carbons (Fsp3) is 0.364. The molecule has 0 bridgehead atoms. The van der Waals surface area contributed by atoms with Crippen LogP contribution in [0.2, 0.25) is 0 Å². The molecule has 1 fully saturated rings. The lowest BCUT2D eigenvalue weighted by molar-refractivity contribution is -0.119. The topological polar surface area (TPSA) is 76.4 Å². The van der Waals surface area contributed by atoms with Crippen molar-refractivity contribution in [3.05, 3.63) is 59.2 Å². The number of carbonyl (C=O) groups excluding carboxylic acids is 1. The van der Waals surface area contributed by atoms with Gasteiger partial charge in [0.2, 0.25) is 5.91 Å². The summed E-state index contributed by atoms with van der Waals surface area (Å²) in [5.74, 6) is 0.524. The second-order valence-electron chi connectivity index (χ2n) is 7.16. The number of rotatable bonds is 4. The van der Waals surface area contributed by atoms with E-state index < -0.39 is 0 Å². The summed E-state index contributed by atoms with van der Waals surface area (Å²) < 4.78 is 0. The fourth-order valence-corrected chi connectivity index (χ4v) is 3.73. The van der Waals surface area contributed by atoms with Gasteiger partial charge < -0.3 is 15.3 Å². The molecule has 3 rings (SSSR count). The van der Waals surface area contributed by atoms with Gasteiger partial charge in [0, 0.05) is 25.7 Å². The number of piperidine rings is 1. The van der Waals surface area contributed by atoms with E-state index in [4.69, 9.17) is 5.26 Å². The Morgan fingerprint density at radius 1 is 1.22 bits per heavy atom. The van der Waals surface area contributed by atoms with Crippen LogP contribution in [0.3, 0.4) is 0 Å². The molecule has 0 aromatic heterocycles. The molecule has 2 N–H and O–H groups in total. The molecular weight excluding hydrogens is 338 g/mol. The van der Waals surface area contributed by atoms with E-state index in [1.807, 2.05) is 19.1 Å². The van der Waals surface area contributed by atoms with Gasteiger partial charge in [-0.25, -0.2) is 0 Å². The van der Waals surface area contributed by atoms with Crippen molar-refractivity contribution in [1.29, 1.82) is 5.26 Å². The first-order chi connectivity index (χ1) is 13.0. The average Bonchev–Trinajstić information content (AvgIpc) is 2.68. The van der Waals surface area contributed by atoms with Crippen molar-refractivity contribution in [3.63, 3.8) is 0 Å². The monoisotopic (exact) mass is 363 g/mol. The van der Waals surface area contributed by atoms with Crippen LogP contribution in [0.5, 0.6) is 5.75 Å². The van der Waals surface area contributed by atoms with Gasteiger partial charge in [0.05, 0.1) is 11.6 Å². The van der Waals surface area contributed by atoms with E-state index in [1.54, 1.807) is 12.1 Å². The molecule has 27 heavy (non-hydrogen) atoms. The van der Waals surface area contributed by atoms with Crippen LogP contribution >= 0.6 is 0 Å². The third-order valence-electron chi connectivity index (χ3n) is 5.29. The molecule has 1 aliphatic heterocycles. The SMILES string of the molecule is CC(=O)NC(C)c1ccc(C2CCN(c3ccc(O)c(C#N)c3)CC2)cc1. The summed E-state index contributed by atoms with van der Waals surface area (Å²) in [4.78, 5) is 13.5. The van der Waals surface area contributed by atoms with Crippen LogP contribution in [0, 0.1) is 11.3 Å². The van der Waals surface area contributed by atoms with Crippen molar-refractivity contribution in [3.8, 4) is 11.8 Å². The number of anilines is 1. The van der Waals surface area contributed by atoms with Gasteiger partial charge in [-0.2, -0.15) is 5.26 Å². The maximum Gasteiger partial charge on any atom is 0.217 e. The minimum atomic E-state index is -0.0206. The third kappa shape index (κ3) is 4.40. The smallest absolute Gasteiger partial charge is 0.217 e. The first-order valence-corrected chi connectivity index (χ1v) is 9.33. The molecule has 0 aliphatic carbocycles. The molecule has 1 saturated heterocycles. The summed E-state index contributed by atoms with van der Waals surface area (Å²) in [7, 11) is 0. The van der Waals surface area contributed by atoms with Gasteiger partial charge in [-0.15, -0.1) is 0 Å². The molecule has 5 heteroatoms. The van der Waals surface area contributed by atoms with Crippen LogP contribution in [0.4, 0.5) is 5.69 Å². The van der Waals surface area contributed by atoms with Crippen molar-refractivity contribution in [2.45, 2.75) is 38.6 Å². The highest BCUT2D eigenvalue weighted by Crippen LogP contribution is 2.32. The van der Waals surface area contributed by atoms with Gasteiger partial charge in [0.15, 0.2) is 0 Å². The second kappa shape index (κ2) is 8.13. The van der Waals surface area contributed by atoms with Crippen molar-refractivity contribution < 1.29 is 9.90 Å². The molecule has 0 radical (unpaired) electrons. The number of phenols is 1. The third-order valence-corrected chi connectivity index (χ3v) is 5.29. The van der Waals surface area contributed by atoms with Crippen LogP contribution in [0.15, 0.2) is 42.5 Å². The zero-order chi connectivity index (χ0) is 19.4. The van der Waals surface area contributed by atoms with E-state index >= 15 is 0 Å². The molecule has 1 atom stereocenters. The standard InChI is InChI=1S/C22H25N3O2/c1-15(24-16(2)26)17-3-5-18(6-4-17)19-9-11-25(12-10-19)21-7-8-22(27)20(13-21)14-23/h3-8,13,15,19,27H,9-12H2,1-2H3,(H,24,26). The lowest BCUT2D eigenvalue weighted by atomic mass is 9.88. The summed E-state index contributed by atoms with van der Waals surface area (Å²) in [5.41, 5.74) is 3.75. The number of nitrogens with one attached hydrogen (secondary N) is 1. The minimum Gasteiger partial charge on any atom is -0.507 e. The van der Waals surface area contributed by atoms with Crippen LogP contribution in [-0.4, -0.2) is 24.1 Å². The van der Waals surface area contributed by atoms with Gasteiger partial charge >= 0.3 is 0 Å². The van der Waals surface area contributed by atoms with Crippen LogP contribution < -0.4 is 10.2 Å². The Morgan fingerprint density at radius 3 is 2.48 bits per heavy atom. The first kappa shape index (κ1) is 18.8. The van der Waals surface area contributed by atoms with Crippen LogP contribution in [0.25, 0.3) is 0 Å². The lowest BCUT2D eigenvalue weighted by Gasteiger charge is -2.34. The number of carbonyl (C=O) groups is 1. The predicted octanol–water partition coefficient (Wildman–Crippen LogP) is 3.84. The van der Waals surface area contributed by atoms with Crippen LogP contribution in [0.1, 0.15) is 55.3 Å². The largest absolute Gasteiger partial charge is 0.507 e. The number of benzene rings is 2. The molecular formula is C22H25N3O2. The van der Waals surface area contributed by atoms with Crippen molar-refractivity contribution in [2.24, 2.45) is 0 Å². The van der Waals surface area contributed by atoms with Gasteiger partial charge in [-0.3, -0.25) is 4.79 Å². The number of nitriles is 1. The molecule has 2 aromatic rings. The van der Waals surface area contributed by atoms with Gasteiger partial charge in [-0.1, -0.05) is 24.3 Å². The molecule has 1 aliphatic rings. The number of aromatic hydroxyl groups is 1. The molecule has 0 saturated carbocycles. The van der Waals surface area contributed by atoms with E-state index in [2.05, 4.69) is 34.5 Å². The molecule has 1 unspecified atom stereocenters. The Morgan fingerprint density at radius 2 is 1.89 bits per heavy atom. The molecule has 140 valence electrons. The van der Waals surface area contributed by atoms with Crippen molar-refractivity contribution in [2.75, 3.05) is 18.0 Å². The zero-order valence-corrected chi connectivity index (χ0v) is 15.8. The number of amides is 1. The number of phenolic OH excluding ortho intramolecular Hbond substituents is 1. The Bertz CT molecular complexity index is 847. The Hall–Kier alpha value is -3.00. The number of hydrogen-bond donors (Lipinski definition) is 2. The molecule has 2 aromatic carbocycles. The average molecular weight is 363 g/mol. The van der Waals surface area contributed by atoms with Gasteiger partial charge in [-0.05, 0) is 55.0 Å². The minimum absolute atomic E-state index is 0.0159. The van der Waals surface area contributed by atoms with Crippen molar-refractivity contribution in [1.82, 2.24) is 5.32 Å². The summed E-state index contributed by atoms with van der Waals surface area (Å²) in [6.07, 6.45) is 2.09. The second-order valence-corrected chi connectivity index (χ2v) is 7.16. The Balaban J connectivity index is 1.62. The fourth-order valence-electron chi connectivity index (χ4n) is 3.73. The van der Waals surface area contributed by atoms with Gasteiger partial charge in [0.25, 0.3) is 0 Å². The molecule has 1 heterocycles. The number of nitrogens with zero attached hydrogens (tertiary/aromatic N) is 2. The maximum atomic E-state index is 11.2. The summed E-state index contributed by atoms with van der Waals surface area (Å²) in [6, 6.07) is 15.8. The van der Waals surface area contributed by atoms with E-state index in [1.165, 1.54) is 12.5 Å². The zero-order valence-electron chi connectivity index (χ0n) is 15.8. The molecule has 1 amide bonds. The predicted molar refractivity (Wildman–Crippen MR) is 106 cm³/mol. The van der Waals surface area contributed by atoms with Crippen molar-refractivity contribution >= 4 is 11.6 Å². The molecule has 0 spiro atoms. The highest BCUT2D eigenvalue weighted by atomic mass is 16.3. The van der Waals surface area contributed by atoms with Gasteiger partial charge in [0.1, 0.15) is 11.8 Å². The summed E-state index contributed by atoms with van der Waals surface area (Å²) in [5, 5.41) is 21.7. The Labute approximate surface area is 160 Å². The van der Waals surface area contributed by atoms with Crippen LogP contribution in [-0.2, 0) is 4.79 Å². The summed E-state index contributed by atoms with van der Waals surface area (Å²) >= 11 is 0. The quantitative estimate of drug-likeness (QED) is 0.865. The van der Waals surface area contributed by atoms with E-state index in [0.29, 0.717) is 11.5 Å². The summed E-state index contributed by atoms with van der Waals surface area (Å²) in [6.45, 7) is 5.36. The first-order valence-electron chi connectivity index (χ1n) is 9.33. The normalized spacial score (nSPS) is 15.8. The lowest BCUT2D eigenvalue weighted by Crippen LogP contribution is -2.32. The van der Waals surface area contributed by atoms with E-state index in [9.17, 15) is 9.90 Å².